The molecule has 1 rings (SSSR count). The Balaban J connectivity index is 2.45. The van der Waals surface area contributed by atoms with E-state index < -0.39 is 0 Å². The van der Waals surface area contributed by atoms with Crippen molar-refractivity contribution in [1.82, 2.24) is 5.32 Å². The van der Waals surface area contributed by atoms with Crippen molar-refractivity contribution in [1.29, 1.82) is 0 Å². The van der Waals surface area contributed by atoms with Gasteiger partial charge in [-0.2, -0.15) is 0 Å². The van der Waals surface area contributed by atoms with Crippen LogP contribution in [-0.2, 0) is 0 Å². The predicted molar refractivity (Wildman–Crippen MR) is 26.0 cm³/mol. The maximum absolute atomic E-state index is 4.04. The minimum atomic E-state index is 0.825. The number of nitrogens with one attached hydrogen (secondary N) is 1. The van der Waals surface area contributed by atoms with Crippen molar-refractivity contribution in [3.63, 3.8) is 0 Å². The smallest absolute Gasteiger partial charge is 0.0887 e. The van der Waals surface area contributed by atoms with Crippen molar-refractivity contribution in [2.45, 2.75) is 6.92 Å². The highest BCUT2D eigenvalue weighted by atomic mass is 15.1. The Bertz CT molecular complexity index is 75.6. The van der Waals surface area contributed by atoms with Crippen LogP contribution in [0.5, 0.6) is 0 Å². The van der Waals surface area contributed by atoms with Gasteiger partial charge in [0.2, 0.25) is 0 Å². The molecule has 1 N–H and O–H groups in total. The summed E-state index contributed by atoms with van der Waals surface area (Å²) in [4.78, 5) is 4.04. The van der Waals surface area contributed by atoms with Gasteiger partial charge in [0, 0.05) is 12.3 Å². The first-order valence-electron chi connectivity index (χ1n) is 2.10. The zero-order valence-corrected chi connectivity index (χ0v) is 3.86. The lowest BCUT2D eigenvalue weighted by Crippen LogP contribution is -2.10. The van der Waals surface area contributed by atoms with Crippen LogP contribution in [0.4, 0.5) is 0 Å². The average molecular weight is 84.1 g/mol. The number of nitrogens with zero attached hydrogens (tertiary/aromatic N) is 1. The zero-order valence-electron chi connectivity index (χ0n) is 3.86. The Kier molecular flexibility index (Phi) is 0.881. The molecule has 0 aromatic heterocycles. The number of hydrogen-bond donors (Lipinski definition) is 1. The number of hydrogen-bond acceptors (Lipinski definition) is 2. The molecular weight excluding hydrogens is 76.1 g/mol. The Labute approximate surface area is 37.3 Å². The van der Waals surface area contributed by atoms with Gasteiger partial charge in [0.25, 0.3) is 0 Å². The number of aliphatic imine (C=N–C) groups is 1. The lowest BCUT2D eigenvalue weighted by molar-refractivity contribution is 0.850. The standard InChI is InChI=1S/C4H8N2/c1-4-2-5-3-6-4/h5H,2-3H2,1H3. The van der Waals surface area contributed by atoms with E-state index in [1.807, 2.05) is 6.92 Å². The predicted octanol–water partition coefficient (Wildman–Crippen LogP) is 0.00800. The maximum Gasteiger partial charge on any atom is 0.0887 e. The fourth-order valence-corrected chi connectivity index (χ4v) is 0.484. The molecule has 0 saturated carbocycles. The molecule has 0 fully saturated rings. The molecule has 1 heterocycles. The third-order valence-electron chi connectivity index (χ3n) is 0.842. The van der Waals surface area contributed by atoms with Crippen LogP contribution in [0.25, 0.3) is 0 Å². The highest BCUT2D eigenvalue weighted by molar-refractivity contribution is 5.85. The number of rotatable bonds is 0. The summed E-state index contributed by atoms with van der Waals surface area (Å²) >= 11 is 0. The lowest BCUT2D eigenvalue weighted by atomic mass is 10.4. The summed E-state index contributed by atoms with van der Waals surface area (Å²) in [5, 5.41) is 3.07. The van der Waals surface area contributed by atoms with E-state index in [2.05, 4.69) is 10.3 Å². The Morgan fingerprint density at radius 3 is 2.83 bits per heavy atom. The van der Waals surface area contributed by atoms with Crippen molar-refractivity contribution < 1.29 is 0 Å². The fourth-order valence-electron chi connectivity index (χ4n) is 0.484. The van der Waals surface area contributed by atoms with Gasteiger partial charge in [0.05, 0.1) is 6.67 Å². The van der Waals surface area contributed by atoms with Crippen LogP contribution in [0.1, 0.15) is 6.92 Å². The molecule has 0 aromatic carbocycles. The Morgan fingerprint density at radius 1 is 1.83 bits per heavy atom. The van der Waals surface area contributed by atoms with E-state index in [9.17, 15) is 0 Å². The summed E-state index contributed by atoms with van der Waals surface area (Å²) < 4.78 is 0. The topological polar surface area (TPSA) is 24.4 Å². The van der Waals surface area contributed by atoms with E-state index in [-0.39, 0.29) is 0 Å². The first-order valence-corrected chi connectivity index (χ1v) is 2.10. The summed E-state index contributed by atoms with van der Waals surface area (Å²) in [7, 11) is 0. The van der Waals surface area contributed by atoms with E-state index in [4.69, 9.17) is 0 Å². The highest BCUT2D eigenvalue weighted by Gasteiger charge is 1.94. The molecule has 0 saturated heterocycles. The molecule has 6 heavy (non-hydrogen) atoms. The molecule has 0 amide bonds. The summed E-state index contributed by atoms with van der Waals surface area (Å²) in [5.41, 5.74) is 1.22. The maximum atomic E-state index is 4.04. The summed E-state index contributed by atoms with van der Waals surface area (Å²) in [5.74, 6) is 0. The van der Waals surface area contributed by atoms with Crippen LogP contribution in [-0.4, -0.2) is 18.9 Å². The van der Waals surface area contributed by atoms with Crippen LogP contribution in [0, 0.1) is 0 Å². The van der Waals surface area contributed by atoms with Gasteiger partial charge in [-0.25, -0.2) is 0 Å². The van der Waals surface area contributed by atoms with Gasteiger partial charge in [-0.15, -0.1) is 0 Å². The largest absolute Gasteiger partial charge is 0.293 e. The molecule has 0 atom stereocenters. The van der Waals surface area contributed by atoms with Crippen molar-refractivity contribution in [3.05, 3.63) is 0 Å². The van der Waals surface area contributed by atoms with Crippen molar-refractivity contribution in [2.75, 3.05) is 13.2 Å². The van der Waals surface area contributed by atoms with Crippen LogP contribution >= 0.6 is 0 Å². The zero-order chi connectivity index (χ0) is 4.41. The third kappa shape index (κ3) is 0.571. The monoisotopic (exact) mass is 84.1 g/mol. The van der Waals surface area contributed by atoms with Crippen LogP contribution in [0.15, 0.2) is 4.99 Å². The molecule has 0 unspecified atom stereocenters. The van der Waals surface area contributed by atoms with Crippen molar-refractivity contribution in [3.8, 4) is 0 Å². The second-order valence-electron chi connectivity index (χ2n) is 1.48. The van der Waals surface area contributed by atoms with Gasteiger partial charge in [-0.05, 0) is 6.92 Å². The van der Waals surface area contributed by atoms with Crippen molar-refractivity contribution in [2.24, 2.45) is 4.99 Å². The van der Waals surface area contributed by atoms with Crippen molar-refractivity contribution >= 4 is 5.71 Å². The van der Waals surface area contributed by atoms with Gasteiger partial charge in [0.15, 0.2) is 0 Å². The van der Waals surface area contributed by atoms with E-state index >= 15 is 0 Å². The van der Waals surface area contributed by atoms with Gasteiger partial charge in [-0.3, -0.25) is 10.3 Å². The average Bonchev–Trinajstić information content (AvgIpc) is 1.86. The van der Waals surface area contributed by atoms with E-state index in [1.165, 1.54) is 5.71 Å². The fraction of sp³-hybridized carbons (Fsp3) is 0.750. The van der Waals surface area contributed by atoms with Crippen LogP contribution in [0.2, 0.25) is 0 Å². The van der Waals surface area contributed by atoms with Gasteiger partial charge >= 0.3 is 0 Å². The highest BCUT2D eigenvalue weighted by Crippen LogP contribution is 1.80. The molecular formula is C4H8N2. The lowest BCUT2D eigenvalue weighted by Gasteiger charge is -1.79. The van der Waals surface area contributed by atoms with Gasteiger partial charge in [-0.1, -0.05) is 0 Å². The first-order chi connectivity index (χ1) is 2.89. The SMILES string of the molecule is CC1=NCNC1. The summed E-state index contributed by atoms with van der Waals surface area (Å²) in [6.45, 7) is 3.84. The Morgan fingerprint density at radius 2 is 2.67 bits per heavy atom. The summed E-state index contributed by atoms with van der Waals surface area (Å²) in [6.07, 6.45) is 0. The van der Waals surface area contributed by atoms with E-state index in [0.29, 0.717) is 0 Å². The molecule has 0 radical (unpaired) electrons. The molecule has 1 aliphatic heterocycles. The third-order valence-corrected chi connectivity index (χ3v) is 0.842. The quantitative estimate of drug-likeness (QED) is 0.439. The molecule has 34 valence electrons. The normalized spacial score (nSPS) is 21.2. The minimum absolute atomic E-state index is 0.825. The van der Waals surface area contributed by atoms with Crippen LogP contribution < -0.4 is 5.32 Å². The molecule has 0 aromatic rings. The minimum Gasteiger partial charge on any atom is -0.293 e. The molecule has 1 aliphatic rings. The Hall–Kier alpha value is -0.370. The van der Waals surface area contributed by atoms with E-state index in [0.717, 1.165) is 13.2 Å². The molecule has 2 heteroatoms. The summed E-state index contributed by atoms with van der Waals surface area (Å²) in [6, 6.07) is 0. The molecule has 0 spiro atoms. The first kappa shape index (κ1) is 3.81. The molecule has 2 nitrogen and oxygen atoms in total. The van der Waals surface area contributed by atoms with E-state index in [1.54, 1.807) is 0 Å². The second-order valence-corrected chi connectivity index (χ2v) is 1.48. The molecule has 0 bridgehead atoms. The van der Waals surface area contributed by atoms with Gasteiger partial charge in [0.1, 0.15) is 0 Å². The van der Waals surface area contributed by atoms with Gasteiger partial charge < -0.3 is 0 Å². The molecule has 0 aliphatic carbocycles. The van der Waals surface area contributed by atoms with Crippen LogP contribution in [0.3, 0.4) is 0 Å². The second kappa shape index (κ2) is 1.39.